The Hall–Kier alpha value is -6.04. The number of aliphatic hydroxyl groups is 1. The summed E-state index contributed by atoms with van der Waals surface area (Å²) in [5.41, 5.74) is 2.63. The third-order valence-electron chi connectivity index (χ3n) is 18.0. The number of carbonyl (C=O) groups excluding carboxylic acids is 3. The van der Waals surface area contributed by atoms with E-state index in [-0.39, 0.29) is 64.4 Å². The third kappa shape index (κ3) is 9.77. The number of phenolic OH excluding ortho intramolecular Hbond substituents is 1. The van der Waals surface area contributed by atoms with Crippen LogP contribution in [0.15, 0.2) is 48.7 Å². The highest BCUT2D eigenvalue weighted by molar-refractivity contribution is 6.06. The van der Waals surface area contributed by atoms with Crippen molar-refractivity contribution in [1.29, 1.82) is 0 Å². The summed E-state index contributed by atoms with van der Waals surface area (Å²) in [6.07, 6.45) is 15.2. The first-order valence-corrected chi connectivity index (χ1v) is 27.5. The molecule has 5 aromatic rings. The number of ether oxygens (including phenoxy) is 2. The van der Waals surface area contributed by atoms with Gasteiger partial charge in [0.05, 0.1) is 29.8 Å². The van der Waals surface area contributed by atoms with Crippen molar-refractivity contribution in [3.63, 3.8) is 0 Å². The Morgan fingerprint density at radius 2 is 1.61 bits per heavy atom. The maximum atomic E-state index is 17.2. The number of rotatable bonds is 12. The average molecular weight is 1030 g/mol. The van der Waals surface area contributed by atoms with E-state index in [1.807, 2.05) is 24.0 Å². The SMILES string of the molecule is CCc1c(F)ccc2cc(O)cc(-c3ncc4c(N5CCC[C@@](C)(O)C5)nc(OCC5(CN6CCC7(CCC(OC8CCN(c9ccc%10c(c9)CN(C9CCC(=O)NC9=O)C%10=O)CC8)CC7)CC6)CC5)nc4c3F)c12. The minimum absolute atomic E-state index is 0.0166. The van der Waals surface area contributed by atoms with E-state index in [0.29, 0.717) is 84.0 Å². The van der Waals surface area contributed by atoms with E-state index >= 15 is 8.78 Å². The molecule has 3 amide bonds. The molecule has 1 unspecified atom stereocenters. The van der Waals surface area contributed by atoms with E-state index in [2.05, 4.69) is 26.2 Å². The van der Waals surface area contributed by atoms with Gasteiger partial charge in [0.25, 0.3) is 5.91 Å². The second-order valence-corrected chi connectivity index (χ2v) is 23.3. The number of hydrogen-bond acceptors (Lipinski definition) is 13. The summed E-state index contributed by atoms with van der Waals surface area (Å²) in [5.74, 6) is -1.60. The predicted molar refractivity (Wildman–Crippen MR) is 280 cm³/mol. The molecular formula is C58H68F2N8O7. The van der Waals surface area contributed by atoms with E-state index in [4.69, 9.17) is 19.4 Å². The molecule has 12 rings (SSSR count). The van der Waals surface area contributed by atoms with Crippen LogP contribution in [0.5, 0.6) is 11.8 Å². The van der Waals surface area contributed by atoms with Gasteiger partial charge in [-0.1, -0.05) is 13.0 Å². The number of hydrogen-bond donors (Lipinski definition) is 3. The molecule has 17 heteroatoms. The molecule has 6 fully saturated rings. The molecule has 75 heavy (non-hydrogen) atoms. The number of aryl methyl sites for hydroxylation is 1. The molecule has 3 N–H and O–H groups in total. The Kier molecular flexibility index (Phi) is 13.0. The summed E-state index contributed by atoms with van der Waals surface area (Å²) in [5, 5.41) is 25.7. The fourth-order valence-electron chi connectivity index (χ4n) is 13.5. The molecule has 15 nitrogen and oxygen atoms in total. The number of pyridine rings is 1. The number of imide groups is 1. The van der Waals surface area contributed by atoms with Gasteiger partial charge in [-0.25, -0.2) is 8.78 Å². The van der Waals surface area contributed by atoms with Gasteiger partial charge in [0.2, 0.25) is 11.8 Å². The fraction of sp³-hybridized carbons (Fsp3) is 0.552. The number of halogens is 2. The number of piperidine rings is 4. The van der Waals surface area contributed by atoms with Crippen molar-refractivity contribution in [1.82, 2.24) is 30.1 Å². The molecule has 0 bridgehead atoms. The van der Waals surface area contributed by atoms with Gasteiger partial charge < -0.3 is 39.3 Å². The second-order valence-electron chi connectivity index (χ2n) is 23.3. The molecule has 396 valence electrons. The zero-order valence-corrected chi connectivity index (χ0v) is 43.1. The quantitative estimate of drug-likeness (QED) is 0.102. The highest BCUT2D eigenvalue weighted by Gasteiger charge is 2.47. The summed E-state index contributed by atoms with van der Waals surface area (Å²) < 4.78 is 45.7. The summed E-state index contributed by atoms with van der Waals surface area (Å²) in [6.45, 7) is 10.1. The van der Waals surface area contributed by atoms with Crippen LogP contribution >= 0.6 is 0 Å². The number of β-amino-alcohol motifs (C(OH)–C–C–N with tert-alkyl or cyclic N) is 1. The van der Waals surface area contributed by atoms with Crippen molar-refractivity contribution >= 4 is 50.9 Å². The number of likely N-dealkylation sites (tertiary alicyclic amines) is 1. The first-order valence-electron chi connectivity index (χ1n) is 27.5. The van der Waals surface area contributed by atoms with Crippen molar-refractivity contribution in [2.45, 2.75) is 141 Å². The Labute approximate surface area is 436 Å². The molecule has 0 radical (unpaired) electrons. The van der Waals surface area contributed by atoms with E-state index < -0.39 is 29.2 Å². The van der Waals surface area contributed by atoms with Crippen LogP contribution in [0, 0.1) is 22.5 Å². The van der Waals surface area contributed by atoms with E-state index in [0.717, 1.165) is 88.9 Å². The van der Waals surface area contributed by atoms with Gasteiger partial charge in [0.15, 0.2) is 5.82 Å². The van der Waals surface area contributed by atoms with Crippen LogP contribution in [0.2, 0.25) is 0 Å². The zero-order valence-electron chi connectivity index (χ0n) is 43.1. The normalized spacial score (nSPS) is 24.4. The summed E-state index contributed by atoms with van der Waals surface area (Å²) in [6, 6.07) is 11.4. The number of anilines is 2. The zero-order chi connectivity index (χ0) is 51.8. The minimum atomic E-state index is -0.965. The molecule has 1 spiro atoms. The molecule has 2 aromatic heterocycles. The number of carbonyl (C=O) groups is 3. The van der Waals surface area contributed by atoms with Gasteiger partial charge in [0, 0.05) is 74.1 Å². The number of aromatic hydroxyl groups is 1. The molecule has 7 heterocycles. The van der Waals surface area contributed by atoms with Crippen molar-refractivity contribution in [3.05, 3.63) is 77.0 Å². The molecule has 2 atom stereocenters. The van der Waals surface area contributed by atoms with Gasteiger partial charge >= 0.3 is 6.01 Å². The molecule has 3 aromatic carbocycles. The van der Waals surface area contributed by atoms with E-state index in [1.54, 1.807) is 30.2 Å². The lowest BCUT2D eigenvalue weighted by Gasteiger charge is -2.47. The highest BCUT2D eigenvalue weighted by atomic mass is 19.1. The predicted octanol–water partition coefficient (Wildman–Crippen LogP) is 8.37. The van der Waals surface area contributed by atoms with Crippen molar-refractivity contribution in [2.24, 2.45) is 10.8 Å². The number of benzene rings is 3. The van der Waals surface area contributed by atoms with Gasteiger partial charge in [-0.3, -0.25) is 24.7 Å². The smallest absolute Gasteiger partial charge is 0.319 e. The number of nitrogens with one attached hydrogen (secondary N) is 1. The van der Waals surface area contributed by atoms with Gasteiger partial charge in [0.1, 0.15) is 34.6 Å². The second kappa shape index (κ2) is 19.5. The molecular weight excluding hydrogens is 959 g/mol. The van der Waals surface area contributed by atoms with Crippen molar-refractivity contribution in [2.75, 3.05) is 62.2 Å². The topological polar surface area (TPSA) is 174 Å². The van der Waals surface area contributed by atoms with Crippen molar-refractivity contribution < 1.29 is 42.9 Å². The van der Waals surface area contributed by atoms with E-state index in [9.17, 15) is 24.6 Å². The van der Waals surface area contributed by atoms with Crippen LogP contribution in [0.4, 0.5) is 20.3 Å². The van der Waals surface area contributed by atoms with E-state index in [1.165, 1.54) is 37.8 Å². The Bertz CT molecular complexity index is 3070. The maximum absolute atomic E-state index is 17.2. The van der Waals surface area contributed by atoms with Crippen LogP contribution in [-0.2, 0) is 27.3 Å². The third-order valence-corrected chi connectivity index (χ3v) is 18.0. The Morgan fingerprint density at radius 3 is 2.35 bits per heavy atom. The maximum Gasteiger partial charge on any atom is 0.319 e. The van der Waals surface area contributed by atoms with Crippen LogP contribution in [0.25, 0.3) is 32.9 Å². The number of fused-ring (bicyclic) bond motifs is 3. The fourth-order valence-corrected chi connectivity index (χ4v) is 13.5. The van der Waals surface area contributed by atoms with Crippen LogP contribution in [0.1, 0.15) is 125 Å². The number of amides is 3. The van der Waals surface area contributed by atoms with Gasteiger partial charge in [-0.2, -0.15) is 9.97 Å². The monoisotopic (exact) mass is 1030 g/mol. The standard InChI is InChI=1S/C58H68F2N8O7/c1-3-41-45(59)8-5-35-28-38(69)29-43(48(35)41)50-49(60)51-44(30-61-50)52(67-22-4-15-56(2,73)32-67)64-55(63-51)74-34-58(18-19-58)33-65-25-20-57(21-26-65)16-11-39(12-17-57)75-40-13-23-66(24-14-40)37-6-7-42-36(27-37)31-68(54(42)72)46-9-10-47(70)62-53(46)71/h5-8,27-30,39-40,46,69,73H,3-4,9-26,31-34H2,1-2H3,(H,62,70,71)/t46?,56-/m1/s1. The Balaban J connectivity index is 0.653. The minimum Gasteiger partial charge on any atom is -0.508 e. The Morgan fingerprint density at radius 1 is 0.840 bits per heavy atom. The van der Waals surface area contributed by atoms with Crippen LogP contribution in [0.3, 0.4) is 0 Å². The summed E-state index contributed by atoms with van der Waals surface area (Å²) in [4.78, 5) is 60.2. The number of phenols is 1. The summed E-state index contributed by atoms with van der Waals surface area (Å²) >= 11 is 0. The first kappa shape index (κ1) is 49.8. The molecule has 2 aliphatic carbocycles. The van der Waals surface area contributed by atoms with Gasteiger partial charge in [-0.05, 0) is 174 Å². The van der Waals surface area contributed by atoms with Crippen LogP contribution < -0.4 is 19.9 Å². The number of nitrogens with zero attached hydrogens (tertiary/aromatic N) is 7. The lowest BCUT2D eigenvalue weighted by atomic mass is 9.67. The molecule has 2 saturated carbocycles. The molecule has 7 aliphatic rings. The molecule has 4 saturated heterocycles. The number of aromatic nitrogens is 3. The first-order chi connectivity index (χ1) is 36.1. The molecule has 5 aliphatic heterocycles. The van der Waals surface area contributed by atoms with Crippen molar-refractivity contribution in [3.8, 4) is 23.0 Å². The lowest BCUT2D eigenvalue weighted by Crippen LogP contribution is -2.52. The van der Waals surface area contributed by atoms with Crippen LogP contribution in [-0.4, -0.2) is 129 Å². The lowest BCUT2D eigenvalue weighted by molar-refractivity contribution is -0.136. The van der Waals surface area contributed by atoms with Gasteiger partial charge in [-0.15, -0.1) is 0 Å². The largest absolute Gasteiger partial charge is 0.508 e. The summed E-state index contributed by atoms with van der Waals surface area (Å²) in [7, 11) is 0. The highest BCUT2D eigenvalue weighted by Crippen LogP contribution is 2.50. The average Bonchev–Trinajstić information content (AvgIpc) is 4.09.